The molecule has 1 unspecified atom stereocenters. The van der Waals surface area contributed by atoms with Crippen LogP contribution in [0.15, 0.2) is 47.4 Å². The summed E-state index contributed by atoms with van der Waals surface area (Å²) in [4.78, 5) is 0.152. The topological polar surface area (TPSA) is 54.4 Å². The molecule has 106 valence electrons. The molecule has 3 nitrogen and oxygen atoms in total. The van der Waals surface area contributed by atoms with Gasteiger partial charge in [-0.3, -0.25) is 0 Å². The number of hydrogen-bond donors (Lipinski definition) is 1. The van der Waals surface area contributed by atoms with Crippen molar-refractivity contribution in [3.63, 3.8) is 0 Å². The second kappa shape index (κ2) is 5.52. The third-order valence-electron chi connectivity index (χ3n) is 2.88. The Morgan fingerprint density at radius 1 is 1.15 bits per heavy atom. The van der Waals surface area contributed by atoms with Crippen molar-refractivity contribution in [2.24, 2.45) is 0 Å². The van der Waals surface area contributed by atoms with Crippen LogP contribution in [0.25, 0.3) is 0 Å². The number of halogens is 2. The number of rotatable bonds is 3. The maximum atomic E-state index is 13.2. The van der Waals surface area contributed by atoms with Crippen molar-refractivity contribution in [2.75, 3.05) is 6.26 Å². The van der Waals surface area contributed by atoms with Crippen molar-refractivity contribution >= 4 is 21.4 Å². The minimum atomic E-state index is -3.29. The van der Waals surface area contributed by atoms with Gasteiger partial charge in [0, 0.05) is 16.8 Å². The fourth-order valence-corrected chi connectivity index (χ4v) is 2.65. The number of aliphatic hydroxyl groups excluding tert-OH is 1. The highest BCUT2D eigenvalue weighted by molar-refractivity contribution is 7.90. The smallest absolute Gasteiger partial charge is 0.175 e. The second-order valence-electron chi connectivity index (χ2n) is 4.41. The van der Waals surface area contributed by atoms with Crippen LogP contribution in [-0.4, -0.2) is 19.8 Å². The maximum absolute atomic E-state index is 13.2. The SMILES string of the molecule is CS(=O)(=O)c1ccc(C(O)c2cc(F)ccc2Cl)cc1. The summed E-state index contributed by atoms with van der Waals surface area (Å²) in [6, 6.07) is 9.44. The van der Waals surface area contributed by atoms with Crippen molar-refractivity contribution in [3.8, 4) is 0 Å². The second-order valence-corrected chi connectivity index (χ2v) is 6.83. The van der Waals surface area contributed by atoms with Crippen LogP contribution in [0.2, 0.25) is 5.02 Å². The number of sulfone groups is 1. The summed E-state index contributed by atoms with van der Waals surface area (Å²) in [6.07, 6.45) is -0.0196. The third-order valence-corrected chi connectivity index (χ3v) is 4.35. The standard InChI is InChI=1S/C14H12ClFO3S/c1-20(18,19)11-5-2-9(3-6-11)14(17)12-8-10(16)4-7-13(12)15/h2-8,14,17H,1H3. The summed E-state index contributed by atoms with van der Waals surface area (Å²) in [5, 5.41) is 10.4. The Labute approximate surface area is 121 Å². The van der Waals surface area contributed by atoms with E-state index in [1.807, 2.05) is 0 Å². The van der Waals surface area contributed by atoms with Gasteiger partial charge in [-0.2, -0.15) is 0 Å². The van der Waals surface area contributed by atoms with E-state index in [0.717, 1.165) is 12.3 Å². The first kappa shape index (κ1) is 15.0. The molecule has 1 N–H and O–H groups in total. The molecule has 0 aliphatic carbocycles. The fraction of sp³-hybridized carbons (Fsp3) is 0.143. The van der Waals surface area contributed by atoms with Gasteiger partial charge in [0.2, 0.25) is 0 Å². The number of benzene rings is 2. The molecule has 20 heavy (non-hydrogen) atoms. The van der Waals surface area contributed by atoms with Crippen LogP contribution in [-0.2, 0) is 9.84 Å². The van der Waals surface area contributed by atoms with Gasteiger partial charge in [-0.1, -0.05) is 23.7 Å². The molecule has 0 fully saturated rings. The van der Waals surface area contributed by atoms with Crippen molar-refractivity contribution in [1.82, 2.24) is 0 Å². The molecule has 0 aromatic heterocycles. The van der Waals surface area contributed by atoms with Crippen LogP contribution in [0.3, 0.4) is 0 Å². The quantitative estimate of drug-likeness (QED) is 0.947. The predicted octanol–water partition coefficient (Wildman–Crippen LogP) is 2.96. The Hall–Kier alpha value is -1.43. The molecule has 0 spiro atoms. The summed E-state index contributed by atoms with van der Waals surface area (Å²) < 4.78 is 35.9. The van der Waals surface area contributed by atoms with Gasteiger partial charge in [0.05, 0.1) is 4.90 Å². The molecule has 6 heteroatoms. The lowest BCUT2D eigenvalue weighted by molar-refractivity contribution is 0.220. The molecular formula is C14H12ClFO3S. The van der Waals surface area contributed by atoms with Crippen LogP contribution in [0.5, 0.6) is 0 Å². The molecule has 2 aromatic rings. The lowest BCUT2D eigenvalue weighted by Gasteiger charge is -2.13. The molecule has 2 aromatic carbocycles. The highest BCUT2D eigenvalue weighted by atomic mass is 35.5. The van der Waals surface area contributed by atoms with Crippen LogP contribution < -0.4 is 0 Å². The first-order valence-electron chi connectivity index (χ1n) is 5.72. The van der Waals surface area contributed by atoms with Gasteiger partial charge in [0.25, 0.3) is 0 Å². The van der Waals surface area contributed by atoms with Crippen molar-refractivity contribution in [2.45, 2.75) is 11.0 Å². The van der Waals surface area contributed by atoms with E-state index in [-0.39, 0.29) is 15.5 Å². The van der Waals surface area contributed by atoms with Gasteiger partial charge in [-0.25, -0.2) is 12.8 Å². The van der Waals surface area contributed by atoms with Gasteiger partial charge in [0.1, 0.15) is 11.9 Å². The minimum absolute atomic E-state index is 0.152. The summed E-state index contributed by atoms with van der Waals surface area (Å²) >= 11 is 5.92. The zero-order valence-corrected chi connectivity index (χ0v) is 12.1. The number of aliphatic hydroxyl groups is 1. The Bertz CT molecular complexity index is 727. The van der Waals surface area contributed by atoms with Gasteiger partial charge in [-0.15, -0.1) is 0 Å². The number of hydrogen-bond acceptors (Lipinski definition) is 3. The van der Waals surface area contributed by atoms with Crippen molar-refractivity contribution < 1.29 is 17.9 Å². The third kappa shape index (κ3) is 3.17. The monoisotopic (exact) mass is 314 g/mol. The normalized spacial score (nSPS) is 13.2. The van der Waals surface area contributed by atoms with E-state index in [1.165, 1.54) is 36.4 Å². The molecule has 0 saturated carbocycles. The molecule has 1 atom stereocenters. The first-order chi connectivity index (χ1) is 9.29. The van der Waals surface area contributed by atoms with Crippen LogP contribution in [0.4, 0.5) is 4.39 Å². The predicted molar refractivity (Wildman–Crippen MR) is 75.0 cm³/mol. The summed E-state index contributed by atoms with van der Waals surface area (Å²) in [7, 11) is -3.29. The van der Waals surface area contributed by atoms with Gasteiger partial charge >= 0.3 is 0 Å². The van der Waals surface area contributed by atoms with E-state index in [2.05, 4.69) is 0 Å². The van der Waals surface area contributed by atoms with Crippen LogP contribution in [0.1, 0.15) is 17.2 Å². The molecule has 0 aliphatic rings. The van der Waals surface area contributed by atoms with E-state index in [4.69, 9.17) is 11.6 Å². The lowest BCUT2D eigenvalue weighted by Crippen LogP contribution is -2.03. The van der Waals surface area contributed by atoms with E-state index in [9.17, 15) is 17.9 Å². The average molecular weight is 315 g/mol. The largest absolute Gasteiger partial charge is 0.384 e. The molecule has 0 amide bonds. The Morgan fingerprint density at radius 2 is 1.75 bits per heavy atom. The van der Waals surface area contributed by atoms with Gasteiger partial charge in [0.15, 0.2) is 9.84 Å². The molecular weight excluding hydrogens is 303 g/mol. The summed E-state index contributed by atoms with van der Waals surface area (Å²) in [5.41, 5.74) is 0.670. The molecule has 0 saturated heterocycles. The molecule has 2 rings (SSSR count). The van der Waals surface area contributed by atoms with E-state index >= 15 is 0 Å². The maximum Gasteiger partial charge on any atom is 0.175 e. The Balaban J connectivity index is 2.39. The summed E-state index contributed by atoms with van der Waals surface area (Å²) in [5.74, 6) is -0.504. The molecule has 0 aliphatic heterocycles. The van der Waals surface area contributed by atoms with E-state index in [0.29, 0.717) is 5.56 Å². The molecule has 0 heterocycles. The van der Waals surface area contributed by atoms with E-state index < -0.39 is 21.8 Å². The Morgan fingerprint density at radius 3 is 2.30 bits per heavy atom. The summed E-state index contributed by atoms with van der Waals surface area (Å²) in [6.45, 7) is 0. The zero-order valence-electron chi connectivity index (χ0n) is 10.5. The zero-order chi connectivity index (χ0) is 14.9. The average Bonchev–Trinajstić information content (AvgIpc) is 2.40. The van der Waals surface area contributed by atoms with Gasteiger partial charge < -0.3 is 5.11 Å². The Kier molecular flexibility index (Phi) is 4.13. The fourth-order valence-electron chi connectivity index (χ4n) is 1.80. The molecule has 0 radical (unpaired) electrons. The minimum Gasteiger partial charge on any atom is -0.384 e. The van der Waals surface area contributed by atoms with E-state index in [1.54, 1.807) is 0 Å². The first-order valence-corrected chi connectivity index (χ1v) is 7.99. The van der Waals surface area contributed by atoms with Crippen LogP contribution >= 0.6 is 11.6 Å². The highest BCUT2D eigenvalue weighted by Gasteiger charge is 2.16. The van der Waals surface area contributed by atoms with Gasteiger partial charge in [-0.05, 0) is 35.9 Å². The van der Waals surface area contributed by atoms with Crippen LogP contribution in [0, 0.1) is 5.82 Å². The highest BCUT2D eigenvalue weighted by Crippen LogP contribution is 2.29. The van der Waals surface area contributed by atoms with Crippen molar-refractivity contribution in [3.05, 3.63) is 64.4 Å². The lowest BCUT2D eigenvalue weighted by atomic mass is 10.0. The molecule has 0 bridgehead atoms. The van der Waals surface area contributed by atoms with Crippen molar-refractivity contribution in [1.29, 1.82) is 0 Å².